The van der Waals surface area contributed by atoms with Gasteiger partial charge in [-0.25, -0.2) is 15.8 Å². The van der Waals surface area contributed by atoms with Crippen molar-refractivity contribution in [2.45, 2.75) is 59.4 Å². The summed E-state index contributed by atoms with van der Waals surface area (Å²) in [6.07, 6.45) is 2.89. The summed E-state index contributed by atoms with van der Waals surface area (Å²) in [5.41, 5.74) is 3.61. The van der Waals surface area contributed by atoms with Gasteiger partial charge in [-0.15, -0.1) is 0 Å². The lowest BCUT2D eigenvalue weighted by Gasteiger charge is -2.26. The van der Waals surface area contributed by atoms with Gasteiger partial charge in [0.05, 0.1) is 0 Å². The maximum absolute atomic E-state index is 5.51. The molecule has 0 aliphatic rings. The lowest BCUT2D eigenvalue weighted by Crippen LogP contribution is -2.31. The average Bonchev–Trinajstić information content (AvgIpc) is 2.33. The number of hydrogen-bond donors (Lipinski definition) is 3. The van der Waals surface area contributed by atoms with E-state index in [-0.39, 0.29) is 5.54 Å². The third-order valence-electron chi connectivity index (χ3n) is 3.14. The number of nitrogen functional groups attached to an aromatic ring is 1. The molecular weight excluding hydrogens is 226 g/mol. The Morgan fingerprint density at radius 2 is 1.78 bits per heavy atom. The van der Waals surface area contributed by atoms with E-state index in [0.29, 0.717) is 5.82 Å². The number of nitrogens with one attached hydrogen (secondary N) is 2. The van der Waals surface area contributed by atoms with Crippen molar-refractivity contribution in [2.75, 3.05) is 10.7 Å². The van der Waals surface area contributed by atoms with Gasteiger partial charge >= 0.3 is 0 Å². The minimum Gasteiger partial charge on any atom is -0.365 e. The summed E-state index contributed by atoms with van der Waals surface area (Å²) in [6.45, 7) is 10.5. The first kappa shape index (κ1) is 14.7. The van der Waals surface area contributed by atoms with E-state index >= 15 is 0 Å². The van der Waals surface area contributed by atoms with Crippen LogP contribution >= 0.6 is 0 Å². The smallest absolute Gasteiger partial charge is 0.148 e. The molecule has 0 amide bonds. The van der Waals surface area contributed by atoms with Crippen LogP contribution in [0.2, 0.25) is 0 Å². The van der Waals surface area contributed by atoms with Gasteiger partial charge in [0, 0.05) is 17.5 Å². The Kier molecular flexibility index (Phi) is 4.90. The van der Waals surface area contributed by atoms with Gasteiger partial charge < -0.3 is 10.7 Å². The van der Waals surface area contributed by atoms with Gasteiger partial charge in [0.2, 0.25) is 0 Å². The van der Waals surface area contributed by atoms with Crippen molar-refractivity contribution < 1.29 is 0 Å². The van der Waals surface area contributed by atoms with Crippen LogP contribution < -0.4 is 16.6 Å². The van der Waals surface area contributed by atoms with Crippen molar-refractivity contribution in [1.29, 1.82) is 0 Å². The number of nitrogens with zero attached hydrogens (tertiary/aromatic N) is 2. The summed E-state index contributed by atoms with van der Waals surface area (Å²) in [6, 6.07) is 0. The molecule has 0 spiro atoms. The van der Waals surface area contributed by atoms with E-state index in [2.05, 4.69) is 48.4 Å². The van der Waals surface area contributed by atoms with Crippen molar-refractivity contribution >= 4 is 11.6 Å². The largest absolute Gasteiger partial charge is 0.365 e. The fourth-order valence-corrected chi connectivity index (χ4v) is 1.57. The summed E-state index contributed by atoms with van der Waals surface area (Å²) in [7, 11) is 0. The van der Waals surface area contributed by atoms with E-state index < -0.39 is 0 Å². The molecule has 102 valence electrons. The van der Waals surface area contributed by atoms with E-state index in [1.54, 1.807) is 0 Å². The van der Waals surface area contributed by atoms with Gasteiger partial charge in [-0.2, -0.15) is 0 Å². The minimum atomic E-state index is 0.00840. The van der Waals surface area contributed by atoms with Crippen LogP contribution in [-0.4, -0.2) is 15.5 Å². The van der Waals surface area contributed by atoms with Gasteiger partial charge in [0.1, 0.15) is 17.5 Å². The lowest BCUT2D eigenvalue weighted by molar-refractivity contribution is 0.543. The van der Waals surface area contributed by atoms with Crippen molar-refractivity contribution in [1.82, 2.24) is 9.97 Å². The molecule has 0 atom stereocenters. The highest BCUT2D eigenvalue weighted by Gasteiger charge is 2.18. The molecule has 18 heavy (non-hydrogen) atoms. The number of anilines is 2. The monoisotopic (exact) mass is 251 g/mol. The van der Waals surface area contributed by atoms with Crippen LogP contribution in [0.15, 0.2) is 0 Å². The number of aromatic nitrogens is 2. The summed E-state index contributed by atoms with van der Waals surface area (Å²) in [4.78, 5) is 9.00. The predicted molar refractivity (Wildman–Crippen MR) is 76.6 cm³/mol. The molecule has 0 fully saturated rings. The zero-order valence-corrected chi connectivity index (χ0v) is 12.1. The van der Waals surface area contributed by atoms with Crippen LogP contribution in [0.25, 0.3) is 0 Å². The number of hydrogen-bond acceptors (Lipinski definition) is 5. The molecule has 0 aromatic carbocycles. The standard InChI is InChI=1S/C13H25N5/c1-6-8-10-15-11(17-13(4,5)7-2)9(3)12(16-10)18-14/h6-8,14H2,1-5H3,(H2,15,16,17,18). The van der Waals surface area contributed by atoms with E-state index in [0.717, 1.165) is 36.5 Å². The minimum absolute atomic E-state index is 0.00840. The van der Waals surface area contributed by atoms with Crippen molar-refractivity contribution in [3.8, 4) is 0 Å². The third kappa shape index (κ3) is 3.57. The molecule has 4 N–H and O–H groups in total. The molecule has 0 aliphatic carbocycles. The molecule has 0 saturated heterocycles. The van der Waals surface area contributed by atoms with Crippen LogP contribution in [0, 0.1) is 6.92 Å². The normalized spacial score (nSPS) is 11.4. The summed E-state index contributed by atoms with van der Waals surface area (Å²) < 4.78 is 0. The fourth-order valence-electron chi connectivity index (χ4n) is 1.57. The Bertz CT molecular complexity index is 401. The Morgan fingerprint density at radius 3 is 2.28 bits per heavy atom. The van der Waals surface area contributed by atoms with E-state index in [9.17, 15) is 0 Å². The average molecular weight is 251 g/mol. The first-order valence-corrected chi connectivity index (χ1v) is 6.55. The first-order valence-electron chi connectivity index (χ1n) is 6.55. The summed E-state index contributed by atoms with van der Waals surface area (Å²) >= 11 is 0. The van der Waals surface area contributed by atoms with Gasteiger partial charge in [0.15, 0.2) is 0 Å². The quantitative estimate of drug-likeness (QED) is 0.535. The van der Waals surface area contributed by atoms with Crippen LogP contribution in [-0.2, 0) is 6.42 Å². The molecule has 1 aromatic heterocycles. The third-order valence-corrected chi connectivity index (χ3v) is 3.14. The second-order valence-electron chi connectivity index (χ2n) is 5.22. The Labute approximate surface area is 110 Å². The Hall–Kier alpha value is -1.36. The van der Waals surface area contributed by atoms with Gasteiger partial charge in [-0.05, 0) is 33.6 Å². The van der Waals surface area contributed by atoms with E-state index in [1.807, 2.05) is 6.92 Å². The highest BCUT2D eigenvalue weighted by Crippen LogP contribution is 2.24. The molecule has 5 nitrogen and oxygen atoms in total. The number of rotatable bonds is 6. The van der Waals surface area contributed by atoms with Crippen LogP contribution in [0.4, 0.5) is 11.6 Å². The zero-order chi connectivity index (χ0) is 13.8. The van der Waals surface area contributed by atoms with Gasteiger partial charge in [-0.3, -0.25) is 0 Å². The maximum atomic E-state index is 5.51. The molecule has 0 aliphatic heterocycles. The second kappa shape index (κ2) is 6.00. The van der Waals surface area contributed by atoms with Gasteiger partial charge in [-0.1, -0.05) is 13.8 Å². The molecule has 1 heterocycles. The Balaban J connectivity index is 3.12. The highest BCUT2D eigenvalue weighted by atomic mass is 15.3. The molecule has 0 radical (unpaired) electrons. The Morgan fingerprint density at radius 1 is 1.17 bits per heavy atom. The molecule has 0 unspecified atom stereocenters. The van der Waals surface area contributed by atoms with Crippen LogP contribution in [0.1, 0.15) is 51.9 Å². The highest BCUT2D eigenvalue weighted by molar-refractivity contribution is 5.57. The predicted octanol–water partition coefficient (Wildman–Crippen LogP) is 2.62. The number of aryl methyl sites for hydroxylation is 1. The molecule has 0 bridgehead atoms. The molecule has 1 aromatic rings. The molecule has 5 heteroatoms. The molecular formula is C13H25N5. The van der Waals surface area contributed by atoms with E-state index in [4.69, 9.17) is 5.84 Å². The summed E-state index contributed by atoms with van der Waals surface area (Å²) in [5, 5.41) is 3.46. The zero-order valence-electron chi connectivity index (χ0n) is 12.1. The van der Waals surface area contributed by atoms with Crippen molar-refractivity contribution in [2.24, 2.45) is 5.84 Å². The van der Waals surface area contributed by atoms with E-state index in [1.165, 1.54) is 0 Å². The molecule has 0 saturated carbocycles. The maximum Gasteiger partial charge on any atom is 0.148 e. The van der Waals surface area contributed by atoms with Crippen molar-refractivity contribution in [3.05, 3.63) is 11.4 Å². The number of hydrazine groups is 1. The topological polar surface area (TPSA) is 75.9 Å². The molecule has 1 rings (SSSR count). The van der Waals surface area contributed by atoms with Gasteiger partial charge in [0.25, 0.3) is 0 Å². The van der Waals surface area contributed by atoms with Crippen LogP contribution in [0.3, 0.4) is 0 Å². The van der Waals surface area contributed by atoms with Crippen LogP contribution in [0.5, 0.6) is 0 Å². The second-order valence-corrected chi connectivity index (χ2v) is 5.22. The SMILES string of the molecule is CCCc1nc(NN)c(C)c(NC(C)(C)CC)n1. The fraction of sp³-hybridized carbons (Fsp3) is 0.692. The lowest BCUT2D eigenvalue weighted by atomic mass is 10.0. The first-order chi connectivity index (χ1) is 8.43. The van der Waals surface area contributed by atoms with Crippen molar-refractivity contribution in [3.63, 3.8) is 0 Å². The number of nitrogens with two attached hydrogens (primary N) is 1. The summed E-state index contributed by atoms with van der Waals surface area (Å²) in [5.74, 6) is 7.90.